The highest BCUT2D eigenvalue weighted by Gasteiger charge is 2.39. The minimum atomic E-state index is -0.0996. The van der Waals surface area contributed by atoms with Gasteiger partial charge >= 0.3 is 0 Å². The van der Waals surface area contributed by atoms with Crippen molar-refractivity contribution in [2.75, 3.05) is 0 Å². The van der Waals surface area contributed by atoms with E-state index in [1.165, 1.54) is 61.2 Å². The molecule has 3 nitrogen and oxygen atoms in total. The predicted molar refractivity (Wildman–Crippen MR) is 241 cm³/mol. The quantitative estimate of drug-likeness (QED) is 0.164. The molecule has 0 saturated heterocycles. The van der Waals surface area contributed by atoms with Gasteiger partial charge in [0, 0.05) is 44.7 Å². The lowest BCUT2D eigenvalue weighted by Gasteiger charge is -2.27. The smallest absolute Gasteiger partial charge is 0.227 e. The van der Waals surface area contributed by atoms with Gasteiger partial charge in [0.15, 0.2) is 5.58 Å². The Balaban J connectivity index is 0.999. The van der Waals surface area contributed by atoms with Gasteiger partial charge in [-0.15, -0.1) is 0 Å². The highest BCUT2D eigenvalue weighted by molar-refractivity contribution is 6.12. The highest BCUT2D eigenvalue weighted by atomic mass is 16.4. The molecule has 0 aliphatic heterocycles. The average molecular weight is 760 g/mol. The summed E-state index contributed by atoms with van der Waals surface area (Å²) in [6, 6.07) is 61.9. The van der Waals surface area contributed by atoms with Crippen LogP contribution in [0.3, 0.4) is 0 Å². The number of aromatic nitrogens is 1. The van der Waals surface area contributed by atoms with E-state index in [0.717, 1.165) is 44.1 Å². The van der Waals surface area contributed by atoms with Crippen LogP contribution < -0.4 is 0 Å². The first kappa shape index (κ1) is 34.1. The van der Waals surface area contributed by atoms with Crippen LogP contribution in [0.1, 0.15) is 72.6 Å². The summed E-state index contributed by atoms with van der Waals surface area (Å²) in [5.41, 5.74) is 21.0. The fraction of sp³-hybridized carbons (Fsp3) is 0.125. The van der Waals surface area contributed by atoms with Gasteiger partial charge in [-0.2, -0.15) is 0 Å². The number of nitrogens with zero attached hydrogens (tertiary/aromatic N) is 1. The maximum absolute atomic E-state index is 6.68. The molecular formula is C56H41NO2. The Hall–Kier alpha value is -6.97. The van der Waals surface area contributed by atoms with Crippen molar-refractivity contribution in [3.8, 4) is 44.8 Å². The van der Waals surface area contributed by atoms with Crippen molar-refractivity contribution in [2.45, 2.75) is 44.4 Å². The Morgan fingerprint density at radius 3 is 1.90 bits per heavy atom. The largest absolute Gasteiger partial charge is 0.455 e. The van der Waals surface area contributed by atoms with E-state index < -0.39 is 0 Å². The van der Waals surface area contributed by atoms with Crippen LogP contribution in [-0.4, -0.2) is 4.98 Å². The van der Waals surface area contributed by atoms with Crippen LogP contribution in [0.5, 0.6) is 0 Å². The van der Waals surface area contributed by atoms with Crippen LogP contribution in [0, 0.1) is 0 Å². The number of furan rings is 1. The molecule has 12 rings (SSSR count). The van der Waals surface area contributed by atoms with Crippen molar-refractivity contribution >= 4 is 33.0 Å². The number of oxazole rings is 1. The molecule has 10 aromatic rings. The monoisotopic (exact) mass is 759 g/mol. The Labute approximate surface area is 343 Å². The Bertz CT molecular complexity index is 3320. The third-order valence-electron chi connectivity index (χ3n) is 13.5. The van der Waals surface area contributed by atoms with Gasteiger partial charge in [0.2, 0.25) is 5.89 Å². The molecule has 282 valence electrons. The van der Waals surface area contributed by atoms with Crippen molar-refractivity contribution in [1.82, 2.24) is 4.98 Å². The number of rotatable bonds is 5. The van der Waals surface area contributed by atoms with E-state index in [-0.39, 0.29) is 16.7 Å². The summed E-state index contributed by atoms with van der Waals surface area (Å²) in [6.07, 6.45) is 0. The number of hydrogen-bond acceptors (Lipinski definition) is 3. The van der Waals surface area contributed by atoms with Gasteiger partial charge in [-0.1, -0.05) is 173 Å². The maximum atomic E-state index is 6.68. The molecule has 0 fully saturated rings. The molecule has 2 aliphatic rings. The van der Waals surface area contributed by atoms with E-state index in [0.29, 0.717) is 11.5 Å². The van der Waals surface area contributed by atoms with Crippen LogP contribution in [0.4, 0.5) is 0 Å². The summed E-state index contributed by atoms with van der Waals surface area (Å²) >= 11 is 0. The number of hydrogen-bond donors (Lipinski definition) is 0. The normalized spacial score (nSPS) is 15.0. The van der Waals surface area contributed by atoms with Crippen molar-refractivity contribution < 1.29 is 8.83 Å². The lowest BCUT2D eigenvalue weighted by molar-refractivity contribution is 0.617. The van der Waals surface area contributed by atoms with Gasteiger partial charge in [-0.25, -0.2) is 4.98 Å². The topological polar surface area (TPSA) is 39.2 Å². The first-order valence-electron chi connectivity index (χ1n) is 20.6. The summed E-state index contributed by atoms with van der Waals surface area (Å²) in [5, 5.41) is 2.09. The third-order valence-corrected chi connectivity index (χ3v) is 13.5. The minimum absolute atomic E-state index is 0.0106. The summed E-state index contributed by atoms with van der Waals surface area (Å²) in [7, 11) is 0. The number of fused-ring (bicyclic) bond motifs is 10. The zero-order valence-electron chi connectivity index (χ0n) is 33.5. The zero-order chi connectivity index (χ0) is 39.6. The van der Waals surface area contributed by atoms with E-state index in [9.17, 15) is 0 Å². The average Bonchev–Trinajstić information content (AvgIpc) is 3.98. The van der Waals surface area contributed by atoms with Crippen LogP contribution in [0.25, 0.3) is 77.9 Å². The van der Waals surface area contributed by atoms with Gasteiger partial charge < -0.3 is 8.83 Å². The zero-order valence-corrected chi connectivity index (χ0v) is 33.5. The molecule has 0 N–H and O–H groups in total. The molecule has 0 bridgehead atoms. The summed E-state index contributed by atoms with van der Waals surface area (Å²) in [4.78, 5) is 4.85. The van der Waals surface area contributed by atoms with Crippen LogP contribution in [0.15, 0.2) is 179 Å². The molecule has 3 heteroatoms. The van der Waals surface area contributed by atoms with Gasteiger partial charge in [-0.3, -0.25) is 0 Å². The molecule has 1 atom stereocenters. The van der Waals surface area contributed by atoms with E-state index in [1.54, 1.807) is 0 Å². The molecule has 2 heterocycles. The molecule has 8 aromatic carbocycles. The Kier molecular flexibility index (Phi) is 7.09. The fourth-order valence-electron chi connectivity index (χ4n) is 10.5. The molecule has 2 aromatic heterocycles. The molecule has 2 aliphatic carbocycles. The second-order valence-corrected chi connectivity index (χ2v) is 17.5. The van der Waals surface area contributed by atoms with Gasteiger partial charge in [0.05, 0.1) is 0 Å². The van der Waals surface area contributed by atoms with E-state index in [2.05, 4.69) is 161 Å². The lowest BCUT2D eigenvalue weighted by atomic mass is 9.76. The molecule has 1 unspecified atom stereocenters. The standard InChI is InChI=1S/C56H41NO2/c1-55(2)45-22-11-9-17-41(45)52-42(20-13-23-46(52)55)51(36-28-29-39-38-16-8-10-21-44(38)56(3,4)47(39)30-36)34-26-24-33(25-27-34)37-18-12-19-40-43-31-48-50(32-49(43)58-53(37)40)59-54(57-48)35-14-6-5-7-15-35/h5-32,51H,1-4H3. The predicted octanol–water partition coefficient (Wildman–Crippen LogP) is 14.9. The van der Waals surface area contributed by atoms with Crippen molar-refractivity contribution in [1.29, 1.82) is 0 Å². The molecule has 0 spiro atoms. The fourth-order valence-corrected chi connectivity index (χ4v) is 10.5. The second-order valence-electron chi connectivity index (χ2n) is 17.5. The first-order chi connectivity index (χ1) is 28.8. The SMILES string of the molecule is CC1(C)c2ccccc2-c2ccc(C(c3ccc(-c4cccc5c4oc4cc6oc(-c7ccccc7)nc6cc45)cc3)c3cccc4c3-c3ccccc3C4(C)C)cc21. The third kappa shape index (κ3) is 4.91. The first-order valence-corrected chi connectivity index (χ1v) is 20.6. The van der Waals surface area contributed by atoms with Crippen LogP contribution in [-0.2, 0) is 10.8 Å². The Morgan fingerprint density at radius 2 is 1.08 bits per heavy atom. The number of para-hydroxylation sites is 1. The highest BCUT2D eigenvalue weighted by Crippen LogP contribution is 2.54. The van der Waals surface area contributed by atoms with Crippen molar-refractivity contribution in [2.24, 2.45) is 0 Å². The van der Waals surface area contributed by atoms with Crippen molar-refractivity contribution in [3.63, 3.8) is 0 Å². The lowest BCUT2D eigenvalue weighted by Crippen LogP contribution is -2.16. The summed E-state index contributed by atoms with van der Waals surface area (Å²) < 4.78 is 12.9. The van der Waals surface area contributed by atoms with E-state index >= 15 is 0 Å². The van der Waals surface area contributed by atoms with Crippen molar-refractivity contribution in [3.05, 3.63) is 209 Å². The van der Waals surface area contributed by atoms with Gasteiger partial charge in [0.25, 0.3) is 0 Å². The van der Waals surface area contributed by atoms with Crippen LogP contribution >= 0.6 is 0 Å². The molecular weight excluding hydrogens is 719 g/mol. The number of benzene rings is 8. The maximum Gasteiger partial charge on any atom is 0.227 e. The van der Waals surface area contributed by atoms with E-state index in [1.807, 2.05) is 36.4 Å². The summed E-state index contributed by atoms with van der Waals surface area (Å²) in [6.45, 7) is 9.49. The molecule has 59 heavy (non-hydrogen) atoms. The molecule has 0 amide bonds. The second kappa shape index (κ2) is 12.3. The molecule has 0 radical (unpaired) electrons. The minimum Gasteiger partial charge on any atom is -0.455 e. The van der Waals surface area contributed by atoms with Crippen LogP contribution in [0.2, 0.25) is 0 Å². The molecule has 0 saturated carbocycles. The van der Waals surface area contributed by atoms with Gasteiger partial charge in [-0.05, 0) is 85.0 Å². The Morgan fingerprint density at radius 1 is 0.441 bits per heavy atom. The van der Waals surface area contributed by atoms with E-state index in [4.69, 9.17) is 13.8 Å². The van der Waals surface area contributed by atoms with Gasteiger partial charge in [0.1, 0.15) is 16.7 Å². The summed E-state index contributed by atoms with van der Waals surface area (Å²) in [5.74, 6) is 0.621.